The second-order valence-electron chi connectivity index (χ2n) is 7.66. The summed E-state index contributed by atoms with van der Waals surface area (Å²) < 4.78 is 23.9. The van der Waals surface area contributed by atoms with E-state index in [1.165, 1.54) is 12.1 Å². The molecule has 0 saturated heterocycles. The Bertz CT molecular complexity index is 941. The maximum Gasteiger partial charge on any atom is 0.226 e. The number of halogens is 1. The molecule has 4 rings (SSSR count). The molecule has 1 atom stereocenters. The van der Waals surface area contributed by atoms with Crippen LogP contribution in [0.15, 0.2) is 47.6 Å². The number of rotatable bonds is 8. The average molecular weight is 412 g/mol. The summed E-state index contributed by atoms with van der Waals surface area (Å²) in [6, 6.07) is 11.9. The Hall–Kier alpha value is -3.09. The first-order valence-electron chi connectivity index (χ1n) is 10.1. The molecule has 1 heterocycles. The Kier molecular flexibility index (Phi) is 5.88. The Morgan fingerprint density at radius 2 is 1.87 bits per heavy atom. The molecule has 0 spiro atoms. The molecule has 0 aromatic heterocycles. The Morgan fingerprint density at radius 1 is 1.13 bits per heavy atom. The molecular weight excluding hydrogens is 387 g/mol. The van der Waals surface area contributed by atoms with Crippen LogP contribution in [-0.2, 0) is 16.2 Å². The summed E-state index contributed by atoms with van der Waals surface area (Å²) in [6.45, 7) is 0.869. The van der Waals surface area contributed by atoms with Crippen LogP contribution < -0.4 is 9.47 Å². The third kappa shape index (κ3) is 4.56. The molecule has 7 heteroatoms. The molecule has 6 nitrogen and oxygen atoms in total. The minimum absolute atomic E-state index is 0.0955. The summed E-state index contributed by atoms with van der Waals surface area (Å²) >= 11 is 0. The van der Waals surface area contributed by atoms with Crippen molar-refractivity contribution in [1.82, 2.24) is 4.90 Å². The number of nitrogens with zero attached hydrogens (tertiary/aromatic N) is 2. The van der Waals surface area contributed by atoms with Gasteiger partial charge < -0.3 is 19.2 Å². The van der Waals surface area contributed by atoms with E-state index < -0.39 is 0 Å². The lowest BCUT2D eigenvalue weighted by molar-refractivity contribution is -0.135. The predicted molar refractivity (Wildman–Crippen MR) is 110 cm³/mol. The fourth-order valence-corrected chi connectivity index (χ4v) is 3.59. The molecule has 0 bridgehead atoms. The molecule has 1 fully saturated rings. The Labute approximate surface area is 175 Å². The topological polar surface area (TPSA) is 60.4 Å². The van der Waals surface area contributed by atoms with Gasteiger partial charge in [0, 0.05) is 24.4 Å². The van der Waals surface area contributed by atoms with Gasteiger partial charge in [0.1, 0.15) is 5.82 Å². The zero-order valence-electron chi connectivity index (χ0n) is 17.1. The van der Waals surface area contributed by atoms with Crippen molar-refractivity contribution in [1.29, 1.82) is 0 Å². The van der Waals surface area contributed by atoms with Crippen molar-refractivity contribution >= 4 is 11.6 Å². The first kappa shape index (κ1) is 20.2. The average Bonchev–Trinajstić information content (AvgIpc) is 3.52. The normalized spacial score (nSPS) is 17.8. The molecule has 0 radical (unpaired) electrons. The van der Waals surface area contributed by atoms with Crippen LogP contribution in [0.3, 0.4) is 0 Å². The highest BCUT2D eigenvalue weighted by Crippen LogP contribution is 2.33. The van der Waals surface area contributed by atoms with Crippen molar-refractivity contribution in [3.8, 4) is 11.5 Å². The van der Waals surface area contributed by atoms with Crippen LogP contribution in [0.25, 0.3) is 0 Å². The second kappa shape index (κ2) is 8.73. The Balaban J connectivity index is 1.43. The van der Waals surface area contributed by atoms with Crippen molar-refractivity contribution in [3.05, 3.63) is 59.4 Å². The van der Waals surface area contributed by atoms with Gasteiger partial charge in [0.15, 0.2) is 17.6 Å². The van der Waals surface area contributed by atoms with Gasteiger partial charge in [-0.15, -0.1) is 0 Å². The van der Waals surface area contributed by atoms with Crippen molar-refractivity contribution in [3.63, 3.8) is 0 Å². The monoisotopic (exact) mass is 412 g/mol. The van der Waals surface area contributed by atoms with E-state index in [-0.39, 0.29) is 23.7 Å². The van der Waals surface area contributed by atoms with Gasteiger partial charge in [-0.2, -0.15) is 0 Å². The van der Waals surface area contributed by atoms with E-state index in [1.807, 2.05) is 23.1 Å². The lowest BCUT2D eigenvalue weighted by atomic mass is 10.0. The van der Waals surface area contributed by atoms with Crippen LogP contribution in [0, 0.1) is 11.7 Å². The van der Waals surface area contributed by atoms with E-state index in [4.69, 9.17) is 14.3 Å². The minimum atomic E-state index is -0.286. The summed E-state index contributed by atoms with van der Waals surface area (Å²) in [5.41, 5.74) is 2.60. The van der Waals surface area contributed by atoms with E-state index in [9.17, 15) is 9.18 Å². The summed E-state index contributed by atoms with van der Waals surface area (Å²) in [5.74, 6) is 1.22. The van der Waals surface area contributed by atoms with Crippen LogP contribution in [0.2, 0.25) is 0 Å². The number of methoxy groups -OCH3 is 2. The van der Waals surface area contributed by atoms with Gasteiger partial charge in [0.05, 0.1) is 26.5 Å². The number of carbonyl (C=O) groups is 1. The molecule has 1 amide bonds. The number of oxime groups is 1. The molecule has 2 aromatic carbocycles. The van der Waals surface area contributed by atoms with Crippen molar-refractivity contribution in [2.45, 2.75) is 31.9 Å². The first-order chi connectivity index (χ1) is 14.6. The summed E-state index contributed by atoms with van der Waals surface area (Å²) in [6.07, 6.45) is 2.22. The highest BCUT2D eigenvalue weighted by molar-refractivity contribution is 6.01. The molecule has 1 saturated carbocycles. The largest absolute Gasteiger partial charge is 0.493 e. The molecule has 2 aromatic rings. The number of hydrogen-bond acceptors (Lipinski definition) is 5. The zero-order valence-corrected chi connectivity index (χ0v) is 17.1. The van der Waals surface area contributed by atoms with Gasteiger partial charge in [-0.3, -0.25) is 4.79 Å². The summed E-state index contributed by atoms with van der Waals surface area (Å²) in [4.78, 5) is 20.3. The molecule has 0 N–H and O–H groups in total. The number of ether oxygens (including phenoxy) is 2. The van der Waals surface area contributed by atoms with Gasteiger partial charge in [0.25, 0.3) is 0 Å². The predicted octanol–water partition coefficient (Wildman–Crippen LogP) is 3.77. The van der Waals surface area contributed by atoms with Crippen LogP contribution in [-0.4, -0.2) is 43.4 Å². The fraction of sp³-hybridized carbons (Fsp3) is 0.391. The molecule has 158 valence electrons. The van der Waals surface area contributed by atoms with Crippen LogP contribution in [0.5, 0.6) is 11.5 Å². The summed E-state index contributed by atoms with van der Waals surface area (Å²) in [5, 5.41) is 4.24. The molecule has 1 aliphatic heterocycles. The quantitative estimate of drug-likeness (QED) is 0.662. The number of carbonyl (C=O) groups excluding carboxylic acids is 1. The van der Waals surface area contributed by atoms with E-state index in [1.54, 1.807) is 26.4 Å². The third-order valence-corrected chi connectivity index (χ3v) is 5.40. The third-order valence-electron chi connectivity index (χ3n) is 5.40. The van der Waals surface area contributed by atoms with Crippen LogP contribution in [0.4, 0.5) is 4.39 Å². The van der Waals surface area contributed by atoms with Gasteiger partial charge in [-0.25, -0.2) is 4.39 Å². The van der Waals surface area contributed by atoms with Crippen molar-refractivity contribution in [2.24, 2.45) is 11.1 Å². The van der Waals surface area contributed by atoms with Gasteiger partial charge in [-0.05, 0) is 48.7 Å². The number of amides is 1. The van der Waals surface area contributed by atoms with E-state index in [0.717, 1.165) is 29.7 Å². The lowest BCUT2D eigenvalue weighted by Gasteiger charge is -2.25. The lowest BCUT2D eigenvalue weighted by Crippen LogP contribution is -2.38. The smallest absolute Gasteiger partial charge is 0.226 e. The highest BCUT2D eigenvalue weighted by Gasteiger charge is 2.35. The van der Waals surface area contributed by atoms with E-state index in [0.29, 0.717) is 31.0 Å². The van der Waals surface area contributed by atoms with Gasteiger partial charge in [-0.1, -0.05) is 17.3 Å². The number of hydrogen-bond donors (Lipinski definition) is 0. The minimum Gasteiger partial charge on any atom is -0.493 e. The highest BCUT2D eigenvalue weighted by atomic mass is 19.1. The molecular formula is C23H25FN2O4. The van der Waals surface area contributed by atoms with Crippen LogP contribution >= 0.6 is 0 Å². The molecule has 2 aliphatic rings. The van der Waals surface area contributed by atoms with Gasteiger partial charge >= 0.3 is 0 Å². The maximum atomic E-state index is 13.2. The Morgan fingerprint density at radius 3 is 2.53 bits per heavy atom. The van der Waals surface area contributed by atoms with E-state index >= 15 is 0 Å². The number of benzene rings is 2. The first-order valence-corrected chi connectivity index (χ1v) is 10.1. The van der Waals surface area contributed by atoms with E-state index in [2.05, 4.69) is 5.16 Å². The fourth-order valence-electron chi connectivity index (χ4n) is 3.59. The zero-order chi connectivity index (χ0) is 21.1. The van der Waals surface area contributed by atoms with Crippen molar-refractivity contribution in [2.75, 3.05) is 20.8 Å². The molecule has 1 aliphatic carbocycles. The van der Waals surface area contributed by atoms with Gasteiger partial charge in [0.2, 0.25) is 5.91 Å². The van der Waals surface area contributed by atoms with Crippen LogP contribution in [0.1, 0.15) is 30.4 Å². The second-order valence-corrected chi connectivity index (χ2v) is 7.66. The van der Waals surface area contributed by atoms with Crippen molar-refractivity contribution < 1.29 is 23.5 Å². The molecule has 1 unspecified atom stereocenters. The molecule has 30 heavy (non-hydrogen) atoms. The SMILES string of the molecule is COc1ccc(C2=NOC(CN(Cc3ccc(F)cc3)C(=O)C3CC3)C2)cc1OC. The standard InChI is InChI=1S/C23H25FN2O4/c1-28-21-10-7-17(11-22(21)29-2)20-12-19(30-25-20)14-26(23(27)16-5-6-16)13-15-3-8-18(24)9-4-15/h3-4,7-11,16,19H,5-6,12-14H2,1-2H3. The summed E-state index contributed by atoms with van der Waals surface area (Å²) in [7, 11) is 3.19. The maximum absolute atomic E-state index is 13.2.